The minimum Gasteiger partial charge on any atom is -0.399 e. The van der Waals surface area contributed by atoms with Crippen LogP contribution in [0.2, 0.25) is 0 Å². The normalized spacial score (nSPS) is 10.2. The molecule has 0 saturated carbocycles. The third-order valence-corrected chi connectivity index (χ3v) is 2.67. The van der Waals surface area contributed by atoms with E-state index in [-0.39, 0.29) is 0 Å². The first-order valence-corrected chi connectivity index (χ1v) is 5.80. The summed E-state index contributed by atoms with van der Waals surface area (Å²) in [6.07, 6.45) is 0. The maximum Gasteiger partial charge on any atom is 0.0401 e. The first-order valence-electron chi connectivity index (χ1n) is 5.80. The van der Waals surface area contributed by atoms with Gasteiger partial charge in [-0.1, -0.05) is 18.2 Å². The predicted molar refractivity (Wildman–Crippen MR) is 74.1 cm³/mol. The highest BCUT2D eigenvalue weighted by atomic mass is 14.9. The Morgan fingerprint density at radius 2 is 1.82 bits per heavy atom. The summed E-state index contributed by atoms with van der Waals surface area (Å²) in [5.41, 5.74) is 11.5. The Balaban J connectivity index is 2.07. The van der Waals surface area contributed by atoms with E-state index in [0.717, 1.165) is 17.9 Å². The molecular weight excluding hydrogens is 208 g/mol. The van der Waals surface area contributed by atoms with Gasteiger partial charge in [0.2, 0.25) is 0 Å². The zero-order valence-electron chi connectivity index (χ0n) is 10.3. The molecule has 2 aromatic carbocycles. The SMILES string of the molecule is Cc1cc(N)cc(CNc2cccc(C)c2)c1. The summed E-state index contributed by atoms with van der Waals surface area (Å²) < 4.78 is 0. The second kappa shape index (κ2) is 4.91. The van der Waals surface area contributed by atoms with Gasteiger partial charge in [0, 0.05) is 17.9 Å². The quantitative estimate of drug-likeness (QED) is 0.786. The largest absolute Gasteiger partial charge is 0.399 e. The van der Waals surface area contributed by atoms with Crippen LogP contribution >= 0.6 is 0 Å². The van der Waals surface area contributed by atoms with Gasteiger partial charge in [0.25, 0.3) is 0 Å². The molecule has 0 aliphatic heterocycles. The average Bonchev–Trinajstić information content (AvgIpc) is 2.25. The fourth-order valence-corrected chi connectivity index (χ4v) is 1.96. The van der Waals surface area contributed by atoms with Crippen LogP contribution in [0.3, 0.4) is 0 Å². The van der Waals surface area contributed by atoms with Crippen LogP contribution in [0.4, 0.5) is 11.4 Å². The molecule has 88 valence electrons. The maximum absolute atomic E-state index is 5.82. The molecule has 0 amide bonds. The first kappa shape index (κ1) is 11.5. The average molecular weight is 226 g/mol. The van der Waals surface area contributed by atoms with Gasteiger partial charge >= 0.3 is 0 Å². The van der Waals surface area contributed by atoms with E-state index >= 15 is 0 Å². The van der Waals surface area contributed by atoms with Gasteiger partial charge in [-0.05, 0) is 54.8 Å². The van der Waals surface area contributed by atoms with Crippen LogP contribution in [0, 0.1) is 13.8 Å². The lowest BCUT2D eigenvalue weighted by Gasteiger charge is -2.09. The van der Waals surface area contributed by atoms with Crippen molar-refractivity contribution >= 4 is 11.4 Å². The summed E-state index contributed by atoms with van der Waals surface area (Å²) in [6.45, 7) is 4.96. The van der Waals surface area contributed by atoms with Gasteiger partial charge in [0.15, 0.2) is 0 Å². The molecule has 0 bridgehead atoms. The molecule has 0 aliphatic carbocycles. The molecule has 0 spiro atoms. The molecule has 0 aromatic heterocycles. The van der Waals surface area contributed by atoms with E-state index in [1.165, 1.54) is 16.7 Å². The highest BCUT2D eigenvalue weighted by Gasteiger charge is 1.97. The third-order valence-electron chi connectivity index (χ3n) is 2.67. The predicted octanol–water partition coefficient (Wildman–Crippen LogP) is 3.50. The number of benzene rings is 2. The Bertz CT molecular complexity index is 498. The van der Waals surface area contributed by atoms with Crippen molar-refractivity contribution in [2.45, 2.75) is 20.4 Å². The molecule has 2 aromatic rings. The fraction of sp³-hybridized carbons (Fsp3) is 0.200. The van der Waals surface area contributed by atoms with Crippen molar-refractivity contribution in [2.24, 2.45) is 0 Å². The molecule has 0 unspecified atom stereocenters. The lowest BCUT2D eigenvalue weighted by atomic mass is 10.1. The second-order valence-electron chi connectivity index (χ2n) is 4.47. The molecule has 3 N–H and O–H groups in total. The standard InChI is InChI=1S/C15H18N2/c1-11-4-3-5-15(8-11)17-10-13-6-12(2)7-14(16)9-13/h3-9,17H,10,16H2,1-2H3. The molecule has 0 radical (unpaired) electrons. The highest BCUT2D eigenvalue weighted by molar-refractivity contribution is 5.48. The highest BCUT2D eigenvalue weighted by Crippen LogP contribution is 2.14. The second-order valence-corrected chi connectivity index (χ2v) is 4.47. The topological polar surface area (TPSA) is 38.0 Å². The number of hydrogen-bond donors (Lipinski definition) is 2. The van der Waals surface area contributed by atoms with Crippen molar-refractivity contribution in [1.29, 1.82) is 0 Å². The number of hydrogen-bond acceptors (Lipinski definition) is 2. The Morgan fingerprint density at radius 3 is 2.53 bits per heavy atom. The maximum atomic E-state index is 5.82. The van der Waals surface area contributed by atoms with Crippen molar-refractivity contribution in [2.75, 3.05) is 11.1 Å². The Labute approximate surface area is 102 Å². The lowest BCUT2D eigenvalue weighted by Crippen LogP contribution is -2.00. The summed E-state index contributed by atoms with van der Waals surface area (Å²) in [5.74, 6) is 0. The summed E-state index contributed by atoms with van der Waals surface area (Å²) in [5, 5.41) is 3.40. The van der Waals surface area contributed by atoms with E-state index in [4.69, 9.17) is 5.73 Å². The Morgan fingerprint density at radius 1 is 1.00 bits per heavy atom. The fourth-order valence-electron chi connectivity index (χ4n) is 1.96. The van der Waals surface area contributed by atoms with Crippen molar-refractivity contribution < 1.29 is 0 Å². The van der Waals surface area contributed by atoms with Crippen LogP contribution in [0.5, 0.6) is 0 Å². The van der Waals surface area contributed by atoms with E-state index in [2.05, 4.69) is 49.5 Å². The number of rotatable bonds is 3. The van der Waals surface area contributed by atoms with Crippen LogP contribution in [0.15, 0.2) is 42.5 Å². The van der Waals surface area contributed by atoms with Crippen LogP contribution in [-0.4, -0.2) is 0 Å². The minimum absolute atomic E-state index is 0.801. The number of aryl methyl sites for hydroxylation is 2. The van der Waals surface area contributed by atoms with Crippen LogP contribution < -0.4 is 11.1 Å². The van der Waals surface area contributed by atoms with E-state index in [9.17, 15) is 0 Å². The van der Waals surface area contributed by atoms with Crippen molar-refractivity contribution in [1.82, 2.24) is 0 Å². The first-order chi connectivity index (χ1) is 8.13. The lowest BCUT2D eigenvalue weighted by molar-refractivity contribution is 1.14. The zero-order chi connectivity index (χ0) is 12.3. The Hall–Kier alpha value is -1.96. The van der Waals surface area contributed by atoms with Crippen LogP contribution in [0.1, 0.15) is 16.7 Å². The Kier molecular flexibility index (Phi) is 3.33. The number of nitrogens with one attached hydrogen (secondary N) is 1. The molecule has 0 aliphatic rings. The zero-order valence-corrected chi connectivity index (χ0v) is 10.3. The van der Waals surface area contributed by atoms with E-state index in [0.29, 0.717) is 0 Å². The van der Waals surface area contributed by atoms with E-state index < -0.39 is 0 Å². The van der Waals surface area contributed by atoms with Gasteiger partial charge in [-0.2, -0.15) is 0 Å². The number of anilines is 2. The van der Waals surface area contributed by atoms with Crippen molar-refractivity contribution in [3.8, 4) is 0 Å². The van der Waals surface area contributed by atoms with E-state index in [1.807, 2.05) is 12.1 Å². The van der Waals surface area contributed by atoms with Crippen LogP contribution in [-0.2, 0) is 6.54 Å². The summed E-state index contributed by atoms with van der Waals surface area (Å²) in [4.78, 5) is 0. The van der Waals surface area contributed by atoms with Gasteiger partial charge in [0.05, 0.1) is 0 Å². The molecule has 2 heteroatoms. The van der Waals surface area contributed by atoms with E-state index in [1.54, 1.807) is 0 Å². The minimum atomic E-state index is 0.801. The molecule has 0 atom stereocenters. The van der Waals surface area contributed by atoms with Crippen molar-refractivity contribution in [3.63, 3.8) is 0 Å². The monoisotopic (exact) mass is 226 g/mol. The number of nitrogens with two attached hydrogens (primary N) is 1. The third kappa shape index (κ3) is 3.25. The van der Waals surface area contributed by atoms with Gasteiger partial charge < -0.3 is 11.1 Å². The molecule has 2 nitrogen and oxygen atoms in total. The smallest absolute Gasteiger partial charge is 0.0401 e. The molecular formula is C15H18N2. The molecule has 17 heavy (non-hydrogen) atoms. The molecule has 2 rings (SSSR count). The van der Waals surface area contributed by atoms with Gasteiger partial charge in [-0.15, -0.1) is 0 Å². The summed E-state index contributed by atoms with van der Waals surface area (Å²) in [7, 11) is 0. The van der Waals surface area contributed by atoms with Gasteiger partial charge in [0.1, 0.15) is 0 Å². The summed E-state index contributed by atoms with van der Waals surface area (Å²) >= 11 is 0. The molecule has 0 heterocycles. The van der Waals surface area contributed by atoms with Gasteiger partial charge in [-0.25, -0.2) is 0 Å². The van der Waals surface area contributed by atoms with Gasteiger partial charge in [-0.3, -0.25) is 0 Å². The molecule has 0 saturated heterocycles. The summed E-state index contributed by atoms with van der Waals surface area (Å²) in [6, 6.07) is 14.5. The molecule has 0 fully saturated rings. The number of nitrogen functional groups attached to an aromatic ring is 1. The van der Waals surface area contributed by atoms with Crippen molar-refractivity contribution in [3.05, 3.63) is 59.2 Å². The van der Waals surface area contributed by atoms with Crippen LogP contribution in [0.25, 0.3) is 0 Å².